The molecule has 1 aliphatic rings. The SMILES string of the molecule is O=C(O)C1CCC(Nc2ncc(Cl)cc2Cl)CC1. The van der Waals surface area contributed by atoms with Crippen LogP contribution < -0.4 is 5.32 Å². The summed E-state index contributed by atoms with van der Waals surface area (Å²) in [6, 6.07) is 1.87. The van der Waals surface area contributed by atoms with Crippen LogP contribution in [0.5, 0.6) is 0 Å². The average Bonchev–Trinajstić information content (AvgIpc) is 2.33. The second kappa shape index (κ2) is 5.76. The molecule has 0 atom stereocenters. The van der Waals surface area contributed by atoms with Gasteiger partial charge in [-0.1, -0.05) is 23.2 Å². The molecule has 0 unspecified atom stereocenters. The molecule has 1 fully saturated rings. The van der Waals surface area contributed by atoms with Crippen molar-refractivity contribution in [1.29, 1.82) is 0 Å². The Balaban J connectivity index is 1.93. The molecule has 2 N–H and O–H groups in total. The zero-order valence-electron chi connectivity index (χ0n) is 9.70. The van der Waals surface area contributed by atoms with Crippen molar-refractivity contribution in [3.63, 3.8) is 0 Å². The lowest BCUT2D eigenvalue weighted by atomic mass is 9.86. The van der Waals surface area contributed by atoms with Crippen molar-refractivity contribution in [2.75, 3.05) is 5.32 Å². The van der Waals surface area contributed by atoms with Crippen LogP contribution in [0.2, 0.25) is 10.0 Å². The second-order valence-corrected chi connectivity index (χ2v) is 5.36. The molecule has 98 valence electrons. The highest BCUT2D eigenvalue weighted by atomic mass is 35.5. The van der Waals surface area contributed by atoms with E-state index in [-0.39, 0.29) is 12.0 Å². The van der Waals surface area contributed by atoms with Gasteiger partial charge in [0.2, 0.25) is 0 Å². The highest BCUT2D eigenvalue weighted by Gasteiger charge is 2.26. The molecule has 1 aromatic rings. The van der Waals surface area contributed by atoms with Gasteiger partial charge in [0.05, 0.1) is 16.0 Å². The summed E-state index contributed by atoms with van der Waals surface area (Å²) < 4.78 is 0. The number of anilines is 1. The first kappa shape index (κ1) is 13.4. The summed E-state index contributed by atoms with van der Waals surface area (Å²) >= 11 is 11.8. The zero-order valence-corrected chi connectivity index (χ0v) is 11.2. The monoisotopic (exact) mass is 288 g/mol. The van der Waals surface area contributed by atoms with Crippen LogP contribution >= 0.6 is 23.2 Å². The maximum atomic E-state index is 10.8. The molecule has 1 aromatic heterocycles. The lowest BCUT2D eigenvalue weighted by molar-refractivity contribution is -0.142. The van der Waals surface area contributed by atoms with Crippen LogP contribution in [-0.4, -0.2) is 22.1 Å². The van der Waals surface area contributed by atoms with E-state index in [0.29, 0.717) is 28.7 Å². The summed E-state index contributed by atoms with van der Waals surface area (Å²) in [6.07, 6.45) is 4.56. The molecule has 0 aliphatic heterocycles. The predicted molar refractivity (Wildman–Crippen MR) is 71.3 cm³/mol. The van der Waals surface area contributed by atoms with Crippen molar-refractivity contribution in [3.8, 4) is 0 Å². The number of hydrogen-bond acceptors (Lipinski definition) is 3. The molecule has 1 saturated carbocycles. The molecule has 0 spiro atoms. The number of halogens is 2. The number of hydrogen-bond donors (Lipinski definition) is 2. The maximum Gasteiger partial charge on any atom is 0.306 e. The van der Waals surface area contributed by atoms with E-state index in [0.717, 1.165) is 12.8 Å². The largest absolute Gasteiger partial charge is 0.481 e. The molecule has 0 radical (unpaired) electrons. The lowest BCUT2D eigenvalue weighted by Crippen LogP contribution is -2.29. The zero-order chi connectivity index (χ0) is 13.1. The Morgan fingerprint density at radius 3 is 2.56 bits per heavy atom. The van der Waals surface area contributed by atoms with E-state index in [4.69, 9.17) is 28.3 Å². The van der Waals surface area contributed by atoms with E-state index in [1.165, 1.54) is 0 Å². The normalized spacial score (nSPS) is 23.7. The molecule has 18 heavy (non-hydrogen) atoms. The van der Waals surface area contributed by atoms with E-state index >= 15 is 0 Å². The fourth-order valence-electron chi connectivity index (χ4n) is 2.20. The number of rotatable bonds is 3. The van der Waals surface area contributed by atoms with Crippen molar-refractivity contribution in [1.82, 2.24) is 4.98 Å². The van der Waals surface area contributed by atoms with Crippen LogP contribution in [0, 0.1) is 5.92 Å². The van der Waals surface area contributed by atoms with E-state index in [9.17, 15) is 4.79 Å². The molecular formula is C12H14Cl2N2O2. The minimum atomic E-state index is -0.698. The highest BCUT2D eigenvalue weighted by molar-refractivity contribution is 6.35. The Bertz CT molecular complexity index is 446. The highest BCUT2D eigenvalue weighted by Crippen LogP contribution is 2.29. The number of pyridine rings is 1. The molecule has 1 aliphatic carbocycles. The topological polar surface area (TPSA) is 62.2 Å². The number of nitrogens with zero attached hydrogens (tertiary/aromatic N) is 1. The average molecular weight is 289 g/mol. The van der Waals surface area contributed by atoms with Crippen molar-refractivity contribution >= 4 is 35.0 Å². The van der Waals surface area contributed by atoms with Crippen LogP contribution in [0.4, 0.5) is 5.82 Å². The van der Waals surface area contributed by atoms with Gasteiger partial charge in [-0.25, -0.2) is 4.98 Å². The fraction of sp³-hybridized carbons (Fsp3) is 0.500. The molecular weight excluding hydrogens is 275 g/mol. The van der Waals surface area contributed by atoms with Crippen molar-refractivity contribution < 1.29 is 9.90 Å². The summed E-state index contributed by atoms with van der Waals surface area (Å²) in [7, 11) is 0. The quantitative estimate of drug-likeness (QED) is 0.894. The van der Waals surface area contributed by atoms with Gasteiger partial charge in [0, 0.05) is 12.2 Å². The number of carboxylic acids is 1. The maximum absolute atomic E-state index is 10.8. The molecule has 2 rings (SSSR count). The molecule has 0 bridgehead atoms. The summed E-state index contributed by atoms with van der Waals surface area (Å²) in [6.45, 7) is 0. The molecule has 0 saturated heterocycles. The number of aliphatic carboxylic acids is 1. The van der Waals surface area contributed by atoms with Gasteiger partial charge < -0.3 is 10.4 Å². The first-order valence-electron chi connectivity index (χ1n) is 5.86. The fourth-order valence-corrected chi connectivity index (χ4v) is 2.63. The van der Waals surface area contributed by atoms with Gasteiger partial charge in [-0.2, -0.15) is 0 Å². The third-order valence-corrected chi connectivity index (χ3v) is 3.72. The van der Waals surface area contributed by atoms with Crippen LogP contribution in [0.1, 0.15) is 25.7 Å². The van der Waals surface area contributed by atoms with Crippen LogP contribution in [0.15, 0.2) is 12.3 Å². The summed E-state index contributed by atoms with van der Waals surface area (Å²) in [5.74, 6) is -0.298. The van der Waals surface area contributed by atoms with Gasteiger partial charge in [0.25, 0.3) is 0 Å². The third-order valence-electron chi connectivity index (χ3n) is 3.23. The van der Waals surface area contributed by atoms with Crippen molar-refractivity contribution in [3.05, 3.63) is 22.3 Å². The third kappa shape index (κ3) is 3.27. The number of carbonyl (C=O) groups is 1. The minimum absolute atomic E-state index is 0.211. The Hall–Kier alpha value is -1.000. The Morgan fingerprint density at radius 1 is 1.33 bits per heavy atom. The lowest BCUT2D eigenvalue weighted by Gasteiger charge is -2.27. The van der Waals surface area contributed by atoms with E-state index in [2.05, 4.69) is 10.3 Å². The first-order valence-corrected chi connectivity index (χ1v) is 6.62. The van der Waals surface area contributed by atoms with Gasteiger partial charge in [0.15, 0.2) is 0 Å². The summed E-state index contributed by atoms with van der Waals surface area (Å²) in [5, 5.41) is 13.2. The van der Waals surface area contributed by atoms with Gasteiger partial charge >= 0.3 is 5.97 Å². The smallest absolute Gasteiger partial charge is 0.306 e. The van der Waals surface area contributed by atoms with E-state index in [1.807, 2.05) is 0 Å². The van der Waals surface area contributed by atoms with Crippen molar-refractivity contribution in [2.24, 2.45) is 5.92 Å². The molecule has 0 amide bonds. The predicted octanol–water partition coefficient (Wildman–Crippen LogP) is 3.44. The first-order chi connectivity index (χ1) is 8.56. The van der Waals surface area contributed by atoms with Crippen LogP contribution in [0.25, 0.3) is 0 Å². The number of aromatic nitrogens is 1. The van der Waals surface area contributed by atoms with Gasteiger partial charge in [-0.05, 0) is 31.7 Å². The molecule has 1 heterocycles. The number of nitrogens with one attached hydrogen (secondary N) is 1. The Morgan fingerprint density at radius 2 is 2.00 bits per heavy atom. The van der Waals surface area contributed by atoms with E-state index in [1.54, 1.807) is 12.3 Å². The standard InChI is InChI=1S/C12H14Cl2N2O2/c13-8-5-10(14)11(15-6-8)16-9-3-1-7(2-4-9)12(17)18/h5-7,9H,1-4H2,(H,15,16)(H,17,18). The van der Waals surface area contributed by atoms with Gasteiger partial charge in [0.1, 0.15) is 5.82 Å². The Kier molecular flexibility index (Phi) is 4.30. The second-order valence-electron chi connectivity index (χ2n) is 4.52. The summed E-state index contributed by atoms with van der Waals surface area (Å²) in [4.78, 5) is 15.0. The molecule has 6 heteroatoms. The Labute approximate surface area is 115 Å². The summed E-state index contributed by atoms with van der Waals surface area (Å²) in [5.41, 5.74) is 0. The van der Waals surface area contributed by atoms with Gasteiger partial charge in [-0.3, -0.25) is 4.79 Å². The van der Waals surface area contributed by atoms with Crippen LogP contribution in [-0.2, 0) is 4.79 Å². The molecule has 4 nitrogen and oxygen atoms in total. The number of carboxylic acid groups (broad SMARTS) is 1. The van der Waals surface area contributed by atoms with Crippen LogP contribution in [0.3, 0.4) is 0 Å². The van der Waals surface area contributed by atoms with Gasteiger partial charge in [-0.15, -0.1) is 0 Å². The van der Waals surface area contributed by atoms with E-state index < -0.39 is 5.97 Å². The molecule has 0 aromatic carbocycles. The minimum Gasteiger partial charge on any atom is -0.481 e. The van der Waals surface area contributed by atoms with Crippen molar-refractivity contribution in [2.45, 2.75) is 31.7 Å².